The first kappa shape index (κ1) is 16.2. The largest absolute Gasteiger partial charge is 0.384 e. The van der Waals surface area contributed by atoms with Crippen LogP contribution in [-0.2, 0) is 6.42 Å². The van der Waals surface area contributed by atoms with Crippen molar-refractivity contribution in [2.24, 2.45) is 0 Å². The first-order valence-corrected chi connectivity index (χ1v) is 8.06. The first-order valence-electron chi connectivity index (χ1n) is 8.06. The van der Waals surface area contributed by atoms with Gasteiger partial charge >= 0.3 is 0 Å². The third kappa shape index (κ3) is 3.18. The number of nitrogens with zero attached hydrogens (tertiary/aromatic N) is 4. The molecule has 0 bridgehead atoms. The molecule has 0 fully saturated rings. The van der Waals surface area contributed by atoms with Crippen LogP contribution in [0.25, 0.3) is 10.9 Å². The van der Waals surface area contributed by atoms with Gasteiger partial charge in [-0.25, -0.2) is 15.0 Å². The van der Waals surface area contributed by atoms with E-state index in [2.05, 4.69) is 39.1 Å². The van der Waals surface area contributed by atoms with Crippen molar-refractivity contribution in [2.45, 2.75) is 47.0 Å². The Kier molecular flexibility index (Phi) is 5.31. The zero-order valence-electron chi connectivity index (χ0n) is 13.9. The van der Waals surface area contributed by atoms with Crippen molar-refractivity contribution in [1.29, 1.82) is 0 Å². The molecule has 118 valence electrons. The normalized spacial score (nSPS) is 13.9. The summed E-state index contributed by atoms with van der Waals surface area (Å²) in [7, 11) is 0. The predicted molar refractivity (Wildman–Crippen MR) is 92.9 cm³/mol. The minimum atomic E-state index is 0.521. The minimum Gasteiger partial charge on any atom is -0.384 e. The smallest absolute Gasteiger partial charge is 0.146 e. The summed E-state index contributed by atoms with van der Waals surface area (Å²) in [6.45, 7) is 8.98. The SMILES string of the molecule is CC.CCc1nc(N)cc2nc(C)nc(N3C=CCCC3)c12. The Morgan fingerprint density at radius 3 is 2.64 bits per heavy atom. The van der Waals surface area contributed by atoms with Gasteiger partial charge in [-0.15, -0.1) is 0 Å². The average molecular weight is 299 g/mol. The van der Waals surface area contributed by atoms with Gasteiger partial charge in [0.25, 0.3) is 0 Å². The quantitative estimate of drug-likeness (QED) is 0.917. The van der Waals surface area contributed by atoms with Crippen molar-refractivity contribution in [2.75, 3.05) is 17.2 Å². The number of hydrogen-bond donors (Lipinski definition) is 1. The molecule has 3 heterocycles. The summed E-state index contributed by atoms with van der Waals surface area (Å²) in [5.41, 5.74) is 7.73. The molecular weight excluding hydrogens is 274 g/mol. The topological polar surface area (TPSA) is 67.9 Å². The molecule has 22 heavy (non-hydrogen) atoms. The maximum Gasteiger partial charge on any atom is 0.146 e. The van der Waals surface area contributed by atoms with Gasteiger partial charge < -0.3 is 10.6 Å². The Bertz CT molecular complexity index is 673. The van der Waals surface area contributed by atoms with Crippen LogP contribution in [0.5, 0.6) is 0 Å². The van der Waals surface area contributed by atoms with Crippen molar-refractivity contribution in [1.82, 2.24) is 15.0 Å². The van der Waals surface area contributed by atoms with Gasteiger partial charge in [-0.3, -0.25) is 0 Å². The second-order valence-electron chi connectivity index (χ2n) is 5.06. The fourth-order valence-corrected chi connectivity index (χ4v) is 2.64. The summed E-state index contributed by atoms with van der Waals surface area (Å²) >= 11 is 0. The second kappa shape index (κ2) is 7.20. The number of nitrogens with two attached hydrogens (primary N) is 1. The van der Waals surface area contributed by atoms with Crippen molar-refractivity contribution < 1.29 is 0 Å². The minimum absolute atomic E-state index is 0.521. The lowest BCUT2D eigenvalue weighted by atomic mass is 10.1. The standard InChI is InChI=1S/C15H19N5.C2H6/c1-3-11-14-12(9-13(16)19-11)17-10(2)18-15(14)20-7-5-4-6-8-20;1-2/h5,7,9H,3-4,6,8H2,1-2H3,(H2,16,19);1-2H3. The molecular formula is C17H25N5. The van der Waals surface area contributed by atoms with Gasteiger partial charge in [0, 0.05) is 18.8 Å². The van der Waals surface area contributed by atoms with E-state index in [1.54, 1.807) is 0 Å². The van der Waals surface area contributed by atoms with Crippen molar-refractivity contribution in [3.8, 4) is 0 Å². The fraction of sp³-hybridized carbons (Fsp3) is 0.471. The molecule has 2 N–H and O–H groups in total. The van der Waals surface area contributed by atoms with Gasteiger partial charge in [-0.1, -0.05) is 26.8 Å². The highest BCUT2D eigenvalue weighted by Crippen LogP contribution is 2.29. The van der Waals surface area contributed by atoms with Crippen LogP contribution in [-0.4, -0.2) is 21.5 Å². The van der Waals surface area contributed by atoms with E-state index in [0.717, 1.165) is 54.0 Å². The number of hydrogen-bond acceptors (Lipinski definition) is 5. The van der Waals surface area contributed by atoms with Crippen LogP contribution in [0.4, 0.5) is 11.6 Å². The lowest BCUT2D eigenvalue weighted by molar-refractivity contribution is 0.777. The molecule has 1 aliphatic rings. The van der Waals surface area contributed by atoms with E-state index in [1.165, 1.54) is 0 Å². The van der Waals surface area contributed by atoms with Gasteiger partial charge in [0.1, 0.15) is 17.5 Å². The maximum absolute atomic E-state index is 5.88. The zero-order valence-corrected chi connectivity index (χ0v) is 13.9. The van der Waals surface area contributed by atoms with Crippen LogP contribution in [0, 0.1) is 6.92 Å². The van der Waals surface area contributed by atoms with Crippen molar-refractivity contribution in [3.63, 3.8) is 0 Å². The Balaban J connectivity index is 0.000000847. The summed E-state index contributed by atoms with van der Waals surface area (Å²) in [5, 5.41) is 1.03. The van der Waals surface area contributed by atoms with Crippen LogP contribution >= 0.6 is 0 Å². The van der Waals surface area contributed by atoms with Gasteiger partial charge in [0.2, 0.25) is 0 Å². The molecule has 0 atom stereocenters. The van der Waals surface area contributed by atoms with Crippen molar-refractivity contribution >= 4 is 22.5 Å². The lowest BCUT2D eigenvalue weighted by Crippen LogP contribution is -2.22. The number of allylic oxidation sites excluding steroid dienone is 1. The Morgan fingerprint density at radius 2 is 2.00 bits per heavy atom. The number of nitrogen functional groups attached to an aromatic ring is 1. The molecule has 0 radical (unpaired) electrons. The van der Waals surface area contributed by atoms with Gasteiger partial charge in [0.05, 0.1) is 16.6 Å². The molecule has 0 unspecified atom stereocenters. The molecule has 0 aromatic carbocycles. The molecule has 0 saturated carbocycles. The lowest BCUT2D eigenvalue weighted by Gasteiger charge is -2.24. The van der Waals surface area contributed by atoms with Crippen LogP contribution in [0.15, 0.2) is 18.3 Å². The first-order chi connectivity index (χ1) is 10.7. The Labute approximate surface area is 132 Å². The zero-order chi connectivity index (χ0) is 16.1. The van der Waals surface area contributed by atoms with Crippen LogP contribution in [0.2, 0.25) is 0 Å². The third-order valence-corrected chi connectivity index (χ3v) is 3.53. The molecule has 2 aromatic heterocycles. The molecule has 0 saturated heterocycles. The Morgan fingerprint density at radius 1 is 1.23 bits per heavy atom. The maximum atomic E-state index is 5.88. The molecule has 2 aromatic rings. The summed E-state index contributed by atoms with van der Waals surface area (Å²) in [6, 6.07) is 1.83. The highest BCUT2D eigenvalue weighted by Gasteiger charge is 2.17. The monoisotopic (exact) mass is 299 g/mol. The number of pyridine rings is 1. The van der Waals surface area contributed by atoms with Crippen LogP contribution in [0.3, 0.4) is 0 Å². The van der Waals surface area contributed by atoms with Crippen LogP contribution < -0.4 is 10.6 Å². The molecule has 5 heteroatoms. The van der Waals surface area contributed by atoms with Gasteiger partial charge in [-0.2, -0.15) is 0 Å². The van der Waals surface area contributed by atoms with E-state index in [9.17, 15) is 0 Å². The summed E-state index contributed by atoms with van der Waals surface area (Å²) in [6.07, 6.45) is 7.39. The van der Waals surface area contributed by atoms with E-state index in [0.29, 0.717) is 5.82 Å². The van der Waals surface area contributed by atoms with E-state index in [-0.39, 0.29) is 0 Å². The van der Waals surface area contributed by atoms with Crippen LogP contribution in [0.1, 0.15) is 45.1 Å². The van der Waals surface area contributed by atoms with E-state index in [4.69, 9.17) is 5.73 Å². The predicted octanol–water partition coefficient (Wildman–Crippen LogP) is 3.62. The summed E-state index contributed by atoms with van der Waals surface area (Å²) in [4.78, 5) is 15.8. The number of fused-ring (bicyclic) bond motifs is 1. The fourth-order valence-electron chi connectivity index (χ4n) is 2.64. The summed E-state index contributed by atoms with van der Waals surface area (Å²) < 4.78 is 0. The van der Waals surface area contributed by atoms with E-state index < -0.39 is 0 Å². The Hall–Kier alpha value is -2.17. The highest BCUT2D eigenvalue weighted by atomic mass is 15.2. The van der Waals surface area contributed by atoms with Gasteiger partial charge in [0.15, 0.2) is 0 Å². The molecule has 0 aliphatic carbocycles. The van der Waals surface area contributed by atoms with Gasteiger partial charge in [-0.05, 0) is 26.2 Å². The molecule has 0 amide bonds. The molecule has 1 aliphatic heterocycles. The highest BCUT2D eigenvalue weighted by molar-refractivity contribution is 5.93. The number of aromatic nitrogens is 3. The molecule has 3 rings (SSSR count). The van der Waals surface area contributed by atoms with E-state index in [1.807, 2.05) is 26.8 Å². The number of rotatable bonds is 2. The number of aryl methyl sites for hydroxylation is 2. The van der Waals surface area contributed by atoms with E-state index >= 15 is 0 Å². The number of anilines is 2. The average Bonchev–Trinajstić information content (AvgIpc) is 2.55. The molecule has 5 nitrogen and oxygen atoms in total. The van der Waals surface area contributed by atoms with Crippen molar-refractivity contribution in [3.05, 3.63) is 29.9 Å². The summed E-state index contributed by atoms with van der Waals surface area (Å²) in [5.74, 6) is 2.24. The second-order valence-corrected chi connectivity index (χ2v) is 5.06. The third-order valence-electron chi connectivity index (χ3n) is 3.53. The molecule has 0 spiro atoms.